The lowest BCUT2D eigenvalue weighted by molar-refractivity contribution is -0.112. The molecule has 2 aliphatic rings. The van der Waals surface area contributed by atoms with E-state index in [0.717, 1.165) is 24.3 Å². The lowest BCUT2D eigenvalue weighted by Crippen LogP contribution is -2.45. The average Bonchev–Trinajstić information content (AvgIpc) is 2.99. The molecule has 3 rings (SSSR count). The Hall–Kier alpha value is -1.02. The van der Waals surface area contributed by atoms with E-state index >= 15 is 0 Å². The van der Waals surface area contributed by atoms with Crippen LogP contribution in [0.4, 0.5) is 0 Å². The molecule has 1 amide bonds. The topological polar surface area (TPSA) is 29.1 Å². The van der Waals surface area contributed by atoms with Crippen molar-refractivity contribution in [2.75, 3.05) is 0 Å². The quantitative estimate of drug-likeness (QED) is 0.832. The van der Waals surface area contributed by atoms with Crippen molar-refractivity contribution >= 4 is 18.0 Å². The largest absolute Gasteiger partial charge is 0.349 e. The fourth-order valence-corrected chi connectivity index (χ4v) is 4.17. The Morgan fingerprint density at radius 3 is 2.83 bits per heavy atom. The maximum absolute atomic E-state index is 11.1. The smallest absolute Gasteiger partial charge is 0.207 e. The monoisotopic (exact) mass is 263 g/mol. The van der Waals surface area contributed by atoms with Gasteiger partial charge in [-0.1, -0.05) is 36.6 Å². The highest BCUT2D eigenvalue weighted by Crippen LogP contribution is 2.49. The summed E-state index contributed by atoms with van der Waals surface area (Å²) in [6.07, 6.45) is 7.83. The van der Waals surface area contributed by atoms with Gasteiger partial charge in [0.25, 0.3) is 0 Å². The number of rotatable bonds is 3. The zero-order valence-corrected chi connectivity index (χ0v) is 11.2. The number of carbonyl (C=O) groups is 1. The molecule has 2 aliphatic carbocycles. The number of carbonyl (C=O) groups excluding carboxylic acids is 1. The van der Waals surface area contributed by atoms with Crippen molar-refractivity contribution < 1.29 is 4.79 Å². The maximum atomic E-state index is 11.1. The van der Waals surface area contributed by atoms with Crippen molar-refractivity contribution in [2.24, 2.45) is 5.92 Å². The minimum absolute atomic E-state index is 0.154. The molecule has 1 atom stereocenters. The van der Waals surface area contributed by atoms with Gasteiger partial charge in [-0.05, 0) is 48.8 Å². The summed E-state index contributed by atoms with van der Waals surface area (Å²) < 4.78 is 0. The molecule has 1 saturated carbocycles. The van der Waals surface area contributed by atoms with Crippen LogP contribution in [0.2, 0.25) is 5.02 Å². The Balaban J connectivity index is 2.07. The molecule has 1 unspecified atom stereocenters. The summed E-state index contributed by atoms with van der Waals surface area (Å²) in [5, 5.41) is 3.99. The zero-order valence-electron chi connectivity index (χ0n) is 10.4. The van der Waals surface area contributed by atoms with E-state index in [1.165, 1.54) is 36.8 Å². The van der Waals surface area contributed by atoms with Crippen LogP contribution in [0.3, 0.4) is 0 Å². The van der Waals surface area contributed by atoms with Gasteiger partial charge in [0.1, 0.15) is 0 Å². The van der Waals surface area contributed by atoms with Crippen LogP contribution in [-0.2, 0) is 16.8 Å². The first-order chi connectivity index (χ1) is 8.78. The van der Waals surface area contributed by atoms with Crippen molar-refractivity contribution in [3.05, 3.63) is 34.3 Å². The van der Waals surface area contributed by atoms with Gasteiger partial charge in [-0.3, -0.25) is 4.79 Å². The molecule has 1 fully saturated rings. The first-order valence-corrected chi connectivity index (χ1v) is 7.15. The average molecular weight is 264 g/mol. The van der Waals surface area contributed by atoms with Crippen LogP contribution in [0.5, 0.6) is 0 Å². The maximum Gasteiger partial charge on any atom is 0.207 e. The second kappa shape index (κ2) is 4.58. The summed E-state index contributed by atoms with van der Waals surface area (Å²) >= 11 is 6.29. The minimum atomic E-state index is -0.154. The molecule has 18 heavy (non-hydrogen) atoms. The van der Waals surface area contributed by atoms with Gasteiger partial charge in [0.05, 0.1) is 5.54 Å². The Bertz CT molecular complexity index is 468. The predicted molar refractivity (Wildman–Crippen MR) is 72.6 cm³/mol. The Morgan fingerprint density at radius 1 is 1.33 bits per heavy atom. The third-order valence-corrected chi connectivity index (χ3v) is 5.09. The highest BCUT2D eigenvalue weighted by Gasteiger charge is 2.46. The van der Waals surface area contributed by atoms with Crippen LogP contribution in [-0.4, -0.2) is 6.41 Å². The number of hydrogen-bond donors (Lipinski definition) is 1. The number of halogens is 1. The molecule has 0 aromatic heterocycles. The number of nitrogens with one attached hydrogen (secondary N) is 1. The molecule has 0 spiro atoms. The van der Waals surface area contributed by atoms with E-state index in [4.69, 9.17) is 11.6 Å². The Morgan fingerprint density at radius 2 is 2.11 bits per heavy atom. The fraction of sp³-hybridized carbons (Fsp3) is 0.533. The predicted octanol–water partition coefficient (Wildman–Crippen LogP) is 3.42. The molecule has 1 N–H and O–H groups in total. The van der Waals surface area contributed by atoms with Crippen molar-refractivity contribution in [3.8, 4) is 0 Å². The first kappa shape index (κ1) is 12.0. The molecule has 0 heterocycles. The molecule has 0 aliphatic heterocycles. The summed E-state index contributed by atoms with van der Waals surface area (Å²) in [5.74, 6) is 0.572. The van der Waals surface area contributed by atoms with E-state index in [1.54, 1.807) is 0 Å². The SMILES string of the molecule is O=CNC1(C2CCCC2)CCc2c(Cl)cccc21. The number of benzene rings is 1. The highest BCUT2D eigenvalue weighted by atomic mass is 35.5. The van der Waals surface area contributed by atoms with Crippen molar-refractivity contribution in [1.29, 1.82) is 0 Å². The third-order valence-electron chi connectivity index (χ3n) is 4.74. The number of amides is 1. The molecule has 0 saturated heterocycles. The number of fused-ring (bicyclic) bond motifs is 1. The van der Waals surface area contributed by atoms with Gasteiger partial charge in [0.15, 0.2) is 0 Å². The molecule has 0 bridgehead atoms. The third kappa shape index (κ3) is 1.66. The van der Waals surface area contributed by atoms with Gasteiger partial charge in [-0.25, -0.2) is 0 Å². The molecule has 3 heteroatoms. The van der Waals surface area contributed by atoms with E-state index in [1.807, 2.05) is 12.1 Å². The Labute approximate surface area is 113 Å². The molecule has 1 aromatic rings. The lowest BCUT2D eigenvalue weighted by atomic mass is 9.78. The van der Waals surface area contributed by atoms with E-state index < -0.39 is 0 Å². The fourth-order valence-electron chi connectivity index (χ4n) is 3.90. The standard InChI is InChI=1S/C15H18ClNO/c16-14-7-3-6-13-12(14)8-9-15(13,17-10-18)11-4-1-2-5-11/h3,6-7,10-11H,1-2,4-5,8-9H2,(H,17,18). The molecule has 0 radical (unpaired) electrons. The van der Waals surface area contributed by atoms with Crippen LogP contribution in [0.1, 0.15) is 43.2 Å². The summed E-state index contributed by atoms with van der Waals surface area (Å²) in [6, 6.07) is 6.09. The van der Waals surface area contributed by atoms with E-state index in [0.29, 0.717) is 5.92 Å². The van der Waals surface area contributed by atoms with E-state index in [-0.39, 0.29) is 5.54 Å². The highest BCUT2D eigenvalue weighted by molar-refractivity contribution is 6.31. The molecule has 1 aromatic carbocycles. The van der Waals surface area contributed by atoms with Gasteiger partial charge in [-0.15, -0.1) is 0 Å². The van der Waals surface area contributed by atoms with Crippen molar-refractivity contribution in [3.63, 3.8) is 0 Å². The zero-order chi connectivity index (χ0) is 12.6. The van der Waals surface area contributed by atoms with Gasteiger partial charge in [0, 0.05) is 5.02 Å². The van der Waals surface area contributed by atoms with E-state index in [9.17, 15) is 4.79 Å². The van der Waals surface area contributed by atoms with Crippen LogP contribution in [0.25, 0.3) is 0 Å². The lowest BCUT2D eigenvalue weighted by Gasteiger charge is -2.36. The van der Waals surface area contributed by atoms with Gasteiger partial charge in [-0.2, -0.15) is 0 Å². The second-order valence-electron chi connectivity index (χ2n) is 5.48. The van der Waals surface area contributed by atoms with Crippen LogP contribution in [0, 0.1) is 5.92 Å². The van der Waals surface area contributed by atoms with Crippen LogP contribution >= 0.6 is 11.6 Å². The number of hydrogen-bond acceptors (Lipinski definition) is 1. The van der Waals surface area contributed by atoms with Crippen molar-refractivity contribution in [1.82, 2.24) is 5.32 Å². The minimum Gasteiger partial charge on any atom is -0.349 e. The van der Waals surface area contributed by atoms with Gasteiger partial charge in [0.2, 0.25) is 6.41 Å². The molecule has 2 nitrogen and oxygen atoms in total. The molecule has 96 valence electrons. The van der Waals surface area contributed by atoms with Gasteiger partial charge >= 0.3 is 0 Å². The van der Waals surface area contributed by atoms with Crippen LogP contribution < -0.4 is 5.32 Å². The summed E-state index contributed by atoms with van der Waals surface area (Å²) in [6.45, 7) is 0. The first-order valence-electron chi connectivity index (χ1n) is 6.77. The Kier molecular flexibility index (Phi) is 3.06. The molecular formula is C15H18ClNO. The van der Waals surface area contributed by atoms with E-state index in [2.05, 4.69) is 11.4 Å². The normalized spacial score (nSPS) is 27.2. The molecular weight excluding hydrogens is 246 g/mol. The summed E-state index contributed by atoms with van der Waals surface area (Å²) in [5.41, 5.74) is 2.34. The second-order valence-corrected chi connectivity index (χ2v) is 5.89. The van der Waals surface area contributed by atoms with Crippen molar-refractivity contribution in [2.45, 2.75) is 44.1 Å². The summed E-state index contributed by atoms with van der Waals surface area (Å²) in [4.78, 5) is 11.1. The van der Waals surface area contributed by atoms with Gasteiger partial charge < -0.3 is 5.32 Å². The summed E-state index contributed by atoms with van der Waals surface area (Å²) in [7, 11) is 0. The van der Waals surface area contributed by atoms with Crippen LogP contribution in [0.15, 0.2) is 18.2 Å².